The van der Waals surface area contributed by atoms with E-state index in [4.69, 9.17) is 9.88 Å². The van der Waals surface area contributed by atoms with Crippen molar-refractivity contribution >= 4 is 15.9 Å². The first kappa shape index (κ1) is 15.7. The van der Waals surface area contributed by atoms with E-state index in [1.165, 1.54) is 23.9 Å². The molecule has 0 bridgehead atoms. The van der Waals surface area contributed by atoms with Crippen LogP contribution in [0.25, 0.3) is 0 Å². The Hall–Kier alpha value is -1.38. The number of amides is 1. The largest absolute Gasteiger partial charge is 0.382 e. The third kappa shape index (κ3) is 4.05. The lowest BCUT2D eigenvalue weighted by Gasteiger charge is -2.25. The number of carbonyl (C=O) groups excluding carboxylic acids is 1. The Labute approximate surface area is 112 Å². The highest BCUT2D eigenvalue weighted by Crippen LogP contribution is 2.13. The molecule has 3 N–H and O–H groups in total. The number of nitrogens with one attached hydrogen (secondary N) is 1. The molecule has 1 amide bonds. The van der Waals surface area contributed by atoms with Gasteiger partial charge in [-0.15, -0.1) is 0 Å². The summed E-state index contributed by atoms with van der Waals surface area (Å²) in [4.78, 5) is 12.0. The van der Waals surface area contributed by atoms with Gasteiger partial charge in [0.15, 0.2) is 0 Å². The minimum absolute atomic E-state index is 0.0929. The molecule has 0 aromatic carbocycles. The highest BCUT2D eigenvalue weighted by atomic mass is 32.2. The van der Waals surface area contributed by atoms with Crippen molar-refractivity contribution in [1.29, 1.82) is 0 Å². The van der Waals surface area contributed by atoms with Crippen LogP contribution in [-0.4, -0.2) is 38.1 Å². The highest BCUT2D eigenvalue weighted by molar-refractivity contribution is 7.89. The molecule has 0 saturated heterocycles. The molecule has 19 heavy (non-hydrogen) atoms. The summed E-state index contributed by atoms with van der Waals surface area (Å²) in [6.07, 6.45) is 1.30. The lowest BCUT2D eigenvalue weighted by molar-refractivity contribution is 0.0812. The van der Waals surface area contributed by atoms with Crippen LogP contribution in [0.3, 0.4) is 0 Å². The van der Waals surface area contributed by atoms with E-state index in [0.29, 0.717) is 6.61 Å². The van der Waals surface area contributed by atoms with Crippen LogP contribution >= 0.6 is 0 Å². The number of carbonyl (C=O) groups is 1. The zero-order valence-electron chi connectivity index (χ0n) is 11.4. The predicted octanol–water partition coefficient (Wildman–Crippen LogP) is -0.173. The molecule has 1 rings (SSSR count). The van der Waals surface area contributed by atoms with Crippen LogP contribution in [0.2, 0.25) is 0 Å². The van der Waals surface area contributed by atoms with E-state index in [1.54, 1.807) is 20.9 Å². The van der Waals surface area contributed by atoms with Gasteiger partial charge < -0.3 is 14.6 Å². The molecule has 0 spiro atoms. The van der Waals surface area contributed by atoms with Crippen molar-refractivity contribution in [3.05, 3.63) is 18.0 Å². The number of nitrogens with two attached hydrogens (primary N) is 1. The average molecular weight is 289 g/mol. The molecule has 1 aromatic rings. The molecular weight excluding hydrogens is 270 g/mol. The molecule has 0 saturated carbocycles. The van der Waals surface area contributed by atoms with Crippen LogP contribution in [0.5, 0.6) is 0 Å². The van der Waals surface area contributed by atoms with E-state index in [-0.39, 0.29) is 16.5 Å². The molecule has 0 unspecified atom stereocenters. The fraction of sp³-hybridized carbons (Fsp3) is 0.545. The molecule has 8 heteroatoms. The maximum Gasteiger partial charge on any atom is 0.268 e. The minimum Gasteiger partial charge on any atom is -0.382 e. The van der Waals surface area contributed by atoms with Crippen molar-refractivity contribution in [3.63, 3.8) is 0 Å². The third-order valence-corrected chi connectivity index (χ3v) is 3.38. The summed E-state index contributed by atoms with van der Waals surface area (Å²) < 4.78 is 28.9. The van der Waals surface area contributed by atoms with Gasteiger partial charge in [0, 0.05) is 20.4 Å². The molecule has 0 aliphatic carbocycles. The summed E-state index contributed by atoms with van der Waals surface area (Å²) in [5.74, 6) is -0.389. The van der Waals surface area contributed by atoms with Crippen molar-refractivity contribution in [1.82, 2.24) is 9.88 Å². The Kier molecular flexibility index (Phi) is 4.39. The number of primary sulfonamides is 1. The summed E-state index contributed by atoms with van der Waals surface area (Å²) in [5, 5.41) is 7.78. The Balaban J connectivity index is 2.99. The zero-order chi connectivity index (χ0) is 14.8. The maximum atomic E-state index is 12.1. The topological polar surface area (TPSA) is 103 Å². The van der Waals surface area contributed by atoms with Crippen LogP contribution in [0.15, 0.2) is 17.2 Å². The number of rotatable bonds is 5. The summed E-state index contributed by atoms with van der Waals surface area (Å²) in [5.41, 5.74) is -0.342. The van der Waals surface area contributed by atoms with Crippen molar-refractivity contribution in [2.75, 3.05) is 13.7 Å². The van der Waals surface area contributed by atoms with E-state index in [2.05, 4.69) is 5.32 Å². The van der Waals surface area contributed by atoms with E-state index in [1.807, 2.05) is 0 Å². The van der Waals surface area contributed by atoms with Gasteiger partial charge >= 0.3 is 0 Å². The number of ether oxygens (including phenoxy) is 1. The van der Waals surface area contributed by atoms with Crippen LogP contribution in [0.1, 0.15) is 24.3 Å². The molecule has 1 aromatic heterocycles. The van der Waals surface area contributed by atoms with Crippen LogP contribution in [0.4, 0.5) is 0 Å². The molecule has 0 aliphatic heterocycles. The van der Waals surface area contributed by atoms with E-state index < -0.39 is 15.6 Å². The van der Waals surface area contributed by atoms with Gasteiger partial charge in [-0.05, 0) is 19.9 Å². The minimum atomic E-state index is -3.82. The second kappa shape index (κ2) is 5.32. The normalized spacial score (nSPS) is 12.5. The lowest BCUT2D eigenvalue weighted by Crippen LogP contribution is -2.47. The van der Waals surface area contributed by atoms with Gasteiger partial charge in [0.2, 0.25) is 10.0 Å². The first-order valence-corrected chi connectivity index (χ1v) is 7.12. The van der Waals surface area contributed by atoms with Crippen molar-refractivity contribution in [3.8, 4) is 0 Å². The first-order chi connectivity index (χ1) is 8.57. The summed E-state index contributed by atoms with van der Waals surface area (Å²) in [6, 6.07) is 1.24. The molecule has 1 heterocycles. The van der Waals surface area contributed by atoms with Gasteiger partial charge in [0.05, 0.1) is 12.1 Å². The molecule has 0 aliphatic rings. The van der Waals surface area contributed by atoms with Gasteiger partial charge in [-0.3, -0.25) is 4.79 Å². The van der Waals surface area contributed by atoms with Crippen molar-refractivity contribution < 1.29 is 17.9 Å². The third-order valence-electron chi connectivity index (χ3n) is 2.50. The number of aryl methyl sites for hydroxylation is 1. The van der Waals surface area contributed by atoms with Crippen LogP contribution < -0.4 is 10.5 Å². The second-order valence-electron chi connectivity index (χ2n) is 4.99. The van der Waals surface area contributed by atoms with Gasteiger partial charge in [0.25, 0.3) is 5.91 Å². The van der Waals surface area contributed by atoms with E-state index in [0.717, 1.165) is 0 Å². The van der Waals surface area contributed by atoms with Crippen molar-refractivity contribution in [2.24, 2.45) is 12.2 Å². The number of methoxy groups -OCH3 is 1. The Morgan fingerprint density at radius 1 is 1.53 bits per heavy atom. The monoisotopic (exact) mass is 289 g/mol. The zero-order valence-corrected chi connectivity index (χ0v) is 12.2. The Morgan fingerprint density at radius 2 is 2.11 bits per heavy atom. The lowest BCUT2D eigenvalue weighted by atomic mass is 10.1. The average Bonchev–Trinajstić information content (AvgIpc) is 2.58. The fourth-order valence-electron chi connectivity index (χ4n) is 1.68. The van der Waals surface area contributed by atoms with Gasteiger partial charge in [-0.25, -0.2) is 13.6 Å². The first-order valence-electron chi connectivity index (χ1n) is 5.57. The SMILES string of the molecule is COCC(C)(C)NC(=O)c1cc(S(N)(=O)=O)cn1C. The van der Waals surface area contributed by atoms with E-state index in [9.17, 15) is 13.2 Å². The maximum absolute atomic E-state index is 12.1. The van der Waals surface area contributed by atoms with Crippen LogP contribution in [0, 0.1) is 0 Å². The molecule has 0 fully saturated rings. The summed E-state index contributed by atoms with van der Waals surface area (Å²) in [7, 11) is -0.704. The highest BCUT2D eigenvalue weighted by Gasteiger charge is 2.24. The summed E-state index contributed by atoms with van der Waals surface area (Å²) in [6.45, 7) is 3.95. The van der Waals surface area contributed by atoms with Crippen molar-refractivity contribution in [2.45, 2.75) is 24.3 Å². The van der Waals surface area contributed by atoms with Crippen LogP contribution in [-0.2, 0) is 21.8 Å². The second-order valence-corrected chi connectivity index (χ2v) is 6.55. The van der Waals surface area contributed by atoms with Gasteiger partial charge in [0.1, 0.15) is 10.6 Å². The Morgan fingerprint density at radius 3 is 2.53 bits per heavy atom. The predicted molar refractivity (Wildman–Crippen MR) is 70.2 cm³/mol. The van der Waals surface area contributed by atoms with E-state index >= 15 is 0 Å². The quantitative estimate of drug-likeness (QED) is 0.785. The Bertz CT molecular complexity index is 575. The molecule has 7 nitrogen and oxygen atoms in total. The number of sulfonamides is 1. The van der Waals surface area contributed by atoms with Gasteiger partial charge in [-0.2, -0.15) is 0 Å². The molecular formula is C11H19N3O4S. The number of aromatic nitrogens is 1. The number of nitrogens with zero attached hydrogens (tertiary/aromatic N) is 1. The number of hydrogen-bond donors (Lipinski definition) is 2. The molecule has 0 radical (unpaired) electrons. The standard InChI is InChI=1S/C11H19N3O4S/c1-11(2,7-18-4)13-10(15)9-5-8(6-14(9)3)19(12,16)17/h5-6H,7H2,1-4H3,(H,13,15)(H2,12,16,17). The van der Waals surface area contributed by atoms with Gasteiger partial charge in [-0.1, -0.05) is 0 Å². The molecule has 0 atom stereocenters. The molecule has 108 valence electrons. The fourth-order valence-corrected chi connectivity index (χ4v) is 2.26. The summed E-state index contributed by atoms with van der Waals surface area (Å²) >= 11 is 0. The number of hydrogen-bond acceptors (Lipinski definition) is 4. The smallest absolute Gasteiger partial charge is 0.268 e.